The van der Waals surface area contributed by atoms with Crippen LogP contribution in [-0.4, -0.2) is 18.5 Å². The molecule has 0 aromatic heterocycles. The van der Waals surface area contributed by atoms with Crippen LogP contribution in [0.5, 0.6) is 11.5 Å². The van der Waals surface area contributed by atoms with E-state index >= 15 is 0 Å². The Kier molecular flexibility index (Phi) is 8.44. The fourth-order valence-electron chi connectivity index (χ4n) is 3.40. The van der Waals surface area contributed by atoms with Gasteiger partial charge in [-0.3, -0.25) is 4.79 Å². The van der Waals surface area contributed by atoms with Crippen LogP contribution in [0.1, 0.15) is 23.6 Å². The number of anilines is 1. The second-order valence-electron chi connectivity index (χ2n) is 7.62. The minimum atomic E-state index is -0.222. The average molecular weight is 651 g/mol. The Morgan fingerprint density at radius 1 is 1.12 bits per heavy atom. The number of thioether (sulfide) groups is 1. The van der Waals surface area contributed by atoms with Gasteiger partial charge in [0.2, 0.25) is 0 Å². The van der Waals surface area contributed by atoms with Gasteiger partial charge < -0.3 is 20.1 Å². The number of rotatable bonds is 8. The zero-order chi connectivity index (χ0) is 24.1. The van der Waals surface area contributed by atoms with Gasteiger partial charge in [0, 0.05) is 10.2 Å². The number of halogens is 2. The third-order valence-corrected chi connectivity index (χ3v) is 7.60. The third kappa shape index (κ3) is 6.28. The van der Waals surface area contributed by atoms with Crippen molar-refractivity contribution in [2.24, 2.45) is 0 Å². The maximum atomic E-state index is 12.6. The van der Waals surface area contributed by atoms with Crippen molar-refractivity contribution in [3.8, 4) is 11.5 Å². The molecule has 0 unspecified atom stereocenters. The van der Waals surface area contributed by atoms with Gasteiger partial charge in [0.1, 0.15) is 6.61 Å². The summed E-state index contributed by atoms with van der Waals surface area (Å²) in [6.07, 6.45) is 2.88. The lowest BCUT2D eigenvalue weighted by Crippen LogP contribution is -2.30. The maximum absolute atomic E-state index is 12.6. The smallest absolute Gasteiger partial charge is 0.260 e. The number of amides is 1. The fraction of sp³-hybridized carbons (Fsp3) is 0.192. The molecule has 0 aliphatic carbocycles. The number of carbonyl (C=O) groups is 1. The molecule has 1 fully saturated rings. The van der Waals surface area contributed by atoms with Crippen molar-refractivity contribution in [1.29, 1.82) is 0 Å². The van der Waals surface area contributed by atoms with Gasteiger partial charge in [-0.2, -0.15) is 0 Å². The van der Waals surface area contributed by atoms with Gasteiger partial charge >= 0.3 is 0 Å². The number of carbonyl (C=O) groups excluding carboxylic acids is 1. The molecule has 1 saturated heterocycles. The summed E-state index contributed by atoms with van der Waals surface area (Å²) in [5, 5.41) is 6.34. The van der Waals surface area contributed by atoms with E-state index in [1.165, 1.54) is 17.3 Å². The summed E-state index contributed by atoms with van der Waals surface area (Å²) in [5.74, 6) is 1.22. The lowest BCUT2D eigenvalue weighted by atomic mass is 10.1. The zero-order valence-corrected chi connectivity index (χ0v) is 23.3. The topological polar surface area (TPSA) is 59.6 Å². The Morgan fingerprint density at radius 3 is 2.50 bits per heavy atom. The molecule has 4 rings (SSSR count). The molecule has 1 atom stereocenters. The van der Waals surface area contributed by atoms with Crippen LogP contribution in [0.2, 0.25) is 0 Å². The highest BCUT2D eigenvalue weighted by Crippen LogP contribution is 2.37. The van der Waals surface area contributed by atoms with E-state index in [1.807, 2.05) is 54.6 Å². The molecule has 3 aromatic rings. The van der Waals surface area contributed by atoms with Crippen molar-refractivity contribution >= 4 is 68.0 Å². The van der Waals surface area contributed by atoms with Crippen molar-refractivity contribution in [2.45, 2.75) is 25.4 Å². The standard InChI is InChI=1S/C26H24BrIN2O3S/c1-3-16-6-10-20(11-7-16)29-26-30-25(31)23(34-26)14-18-12-21(28)24(22(13-18)32-2)33-15-17-4-8-19(27)9-5-17/h4-14,26,29H,3,15H2,1-2H3,(H,30,31)/b23-14-/t26-/m1/s1. The molecule has 34 heavy (non-hydrogen) atoms. The summed E-state index contributed by atoms with van der Waals surface area (Å²) >= 11 is 7.15. The molecular formula is C26H24BrIN2O3S. The number of hydrogen-bond acceptors (Lipinski definition) is 5. The van der Waals surface area contributed by atoms with Crippen molar-refractivity contribution in [3.05, 3.63) is 90.3 Å². The Bertz CT molecular complexity index is 1200. The van der Waals surface area contributed by atoms with E-state index < -0.39 is 0 Å². The molecule has 1 aliphatic rings. The van der Waals surface area contributed by atoms with Gasteiger partial charge in [0.05, 0.1) is 15.6 Å². The van der Waals surface area contributed by atoms with Crippen molar-refractivity contribution in [1.82, 2.24) is 5.32 Å². The number of benzene rings is 3. The third-order valence-electron chi connectivity index (χ3n) is 5.24. The van der Waals surface area contributed by atoms with Gasteiger partial charge in [-0.15, -0.1) is 0 Å². The second-order valence-corrected chi connectivity index (χ2v) is 10.8. The van der Waals surface area contributed by atoms with Crippen LogP contribution in [0, 0.1) is 3.57 Å². The lowest BCUT2D eigenvalue weighted by molar-refractivity contribution is -0.116. The number of methoxy groups -OCH3 is 1. The predicted molar refractivity (Wildman–Crippen MR) is 151 cm³/mol. The Morgan fingerprint density at radius 2 is 1.82 bits per heavy atom. The Balaban J connectivity index is 1.46. The van der Waals surface area contributed by atoms with Crippen LogP contribution in [0.15, 0.2) is 70.0 Å². The molecular weight excluding hydrogens is 627 g/mol. The minimum absolute atomic E-state index is 0.0998. The molecule has 1 aliphatic heterocycles. The van der Waals surface area contributed by atoms with Crippen LogP contribution in [0.3, 0.4) is 0 Å². The van der Waals surface area contributed by atoms with Crippen LogP contribution < -0.4 is 20.1 Å². The molecule has 1 heterocycles. The summed E-state index contributed by atoms with van der Waals surface area (Å²) in [4.78, 5) is 13.2. The van der Waals surface area contributed by atoms with E-state index in [1.54, 1.807) is 7.11 Å². The Hall–Kier alpha value is -2.17. The first-order valence-electron chi connectivity index (χ1n) is 10.7. The molecule has 1 amide bonds. The average Bonchev–Trinajstić information content (AvgIpc) is 3.17. The SMILES string of the molecule is CCc1ccc(N[C@@H]2NC(=O)/C(=C/c3cc(I)c(OCc4ccc(Br)cc4)c(OC)c3)S2)cc1. The highest BCUT2D eigenvalue weighted by atomic mass is 127. The van der Waals surface area contributed by atoms with E-state index in [0.29, 0.717) is 23.0 Å². The zero-order valence-electron chi connectivity index (χ0n) is 18.7. The molecule has 0 bridgehead atoms. The van der Waals surface area contributed by atoms with E-state index in [9.17, 15) is 4.79 Å². The summed E-state index contributed by atoms with van der Waals surface area (Å²) in [6, 6.07) is 20.1. The van der Waals surface area contributed by atoms with Gasteiger partial charge in [-0.05, 0) is 88.2 Å². The highest BCUT2D eigenvalue weighted by Gasteiger charge is 2.27. The highest BCUT2D eigenvalue weighted by molar-refractivity contribution is 14.1. The molecule has 2 N–H and O–H groups in total. The first-order valence-corrected chi connectivity index (χ1v) is 13.5. The molecule has 0 spiro atoms. The first-order chi connectivity index (χ1) is 16.4. The second kappa shape index (κ2) is 11.5. The molecule has 8 heteroatoms. The van der Waals surface area contributed by atoms with Gasteiger partial charge in [0.25, 0.3) is 5.91 Å². The van der Waals surface area contributed by atoms with Gasteiger partial charge in [0.15, 0.2) is 17.0 Å². The summed E-state index contributed by atoms with van der Waals surface area (Å²) in [7, 11) is 1.62. The predicted octanol–water partition coefficient (Wildman–Crippen LogP) is 6.80. The summed E-state index contributed by atoms with van der Waals surface area (Å²) in [5.41, 5.74) is 3.97. The van der Waals surface area contributed by atoms with Crippen LogP contribution in [0.25, 0.3) is 6.08 Å². The van der Waals surface area contributed by atoms with Crippen molar-refractivity contribution < 1.29 is 14.3 Å². The Labute approximate surface area is 226 Å². The van der Waals surface area contributed by atoms with Crippen LogP contribution >= 0.6 is 50.3 Å². The fourth-order valence-corrected chi connectivity index (χ4v) is 5.43. The largest absolute Gasteiger partial charge is 0.493 e. The molecule has 176 valence electrons. The van der Waals surface area contributed by atoms with Gasteiger partial charge in [-0.25, -0.2) is 0 Å². The molecule has 0 saturated carbocycles. The number of hydrogen-bond donors (Lipinski definition) is 2. The molecule has 3 aromatic carbocycles. The summed E-state index contributed by atoms with van der Waals surface area (Å²) in [6.45, 7) is 2.56. The maximum Gasteiger partial charge on any atom is 0.260 e. The van der Waals surface area contributed by atoms with Gasteiger partial charge in [-0.1, -0.05) is 58.9 Å². The van der Waals surface area contributed by atoms with Crippen LogP contribution in [0.4, 0.5) is 5.69 Å². The normalized spacial score (nSPS) is 16.4. The van der Waals surface area contributed by atoms with E-state index in [2.05, 4.69) is 68.2 Å². The number of nitrogens with one attached hydrogen (secondary N) is 2. The van der Waals surface area contributed by atoms with Crippen LogP contribution in [-0.2, 0) is 17.8 Å². The van der Waals surface area contributed by atoms with E-state index in [0.717, 1.165) is 31.3 Å². The first kappa shape index (κ1) is 24.9. The number of aryl methyl sites for hydroxylation is 1. The van der Waals surface area contributed by atoms with E-state index in [-0.39, 0.29) is 11.4 Å². The number of ether oxygens (including phenoxy) is 2. The van der Waals surface area contributed by atoms with Crippen molar-refractivity contribution in [2.75, 3.05) is 12.4 Å². The van der Waals surface area contributed by atoms with Crippen molar-refractivity contribution in [3.63, 3.8) is 0 Å². The lowest BCUT2D eigenvalue weighted by Gasteiger charge is -2.14. The molecule has 0 radical (unpaired) electrons. The quantitative estimate of drug-likeness (QED) is 0.207. The molecule has 5 nitrogen and oxygen atoms in total. The minimum Gasteiger partial charge on any atom is -0.493 e. The summed E-state index contributed by atoms with van der Waals surface area (Å²) < 4.78 is 13.6. The monoisotopic (exact) mass is 650 g/mol. The van der Waals surface area contributed by atoms with E-state index in [4.69, 9.17) is 9.47 Å².